The Hall–Kier alpha value is -0.720. The molecule has 110 valence electrons. The molecule has 2 atom stereocenters. The molecule has 1 saturated heterocycles. The molecule has 0 aromatic heterocycles. The highest BCUT2D eigenvalue weighted by atomic mass is 35.5. The summed E-state index contributed by atoms with van der Waals surface area (Å²) in [7, 11) is -2.97. The van der Waals surface area contributed by atoms with Crippen molar-refractivity contribution in [2.24, 2.45) is 0 Å². The molecule has 1 aliphatic heterocycles. The average molecular weight is 334 g/mol. The highest BCUT2D eigenvalue weighted by Crippen LogP contribution is 2.25. The predicted octanol–water partition coefficient (Wildman–Crippen LogP) is 2.12. The van der Waals surface area contributed by atoms with Crippen LogP contribution in [-0.4, -0.2) is 37.1 Å². The number of thioether (sulfide) groups is 1. The van der Waals surface area contributed by atoms with E-state index < -0.39 is 9.84 Å². The Balaban J connectivity index is 1.88. The van der Waals surface area contributed by atoms with Gasteiger partial charge in [-0.3, -0.25) is 4.79 Å². The summed E-state index contributed by atoms with van der Waals surface area (Å²) in [4.78, 5) is 13.0. The Morgan fingerprint density at radius 1 is 1.40 bits per heavy atom. The third kappa shape index (κ3) is 4.40. The molecule has 4 nitrogen and oxygen atoms in total. The van der Waals surface area contributed by atoms with Crippen molar-refractivity contribution >= 4 is 39.1 Å². The molecule has 0 spiro atoms. The second kappa shape index (κ2) is 6.37. The van der Waals surface area contributed by atoms with E-state index in [-0.39, 0.29) is 28.7 Å². The standard InChI is InChI=1S/C13H16ClNO3S2/c1-9(19-12-4-2-10(14)3-5-12)13(16)15-11-6-7-20(17,18)8-11/h2-5,9,11H,6-8H2,1H3,(H,15,16)/t9-,11-/m1/s1. The molecule has 1 aromatic rings. The van der Waals surface area contributed by atoms with Crippen LogP contribution < -0.4 is 5.32 Å². The molecule has 1 fully saturated rings. The van der Waals surface area contributed by atoms with E-state index in [0.717, 1.165) is 4.90 Å². The SMILES string of the molecule is C[C@@H](Sc1ccc(Cl)cc1)C(=O)N[C@@H]1CCS(=O)(=O)C1. The van der Waals surface area contributed by atoms with E-state index >= 15 is 0 Å². The van der Waals surface area contributed by atoms with Crippen molar-refractivity contribution in [2.75, 3.05) is 11.5 Å². The van der Waals surface area contributed by atoms with Gasteiger partial charge in [0, 0.05) is 16.0 Å². The van der Waals surface area contributed by atoms with Crippen LogP contribution in [-0.2, 0) is 14.6 Å². The largest absolute Gasteiger partial charge is 0.351 e. The van der Waals surface area contributed by atoms with Gasteiger partial charge in [0.15, 0.2) is 9.84 Å². The van der Waals surface area contributed by atoms with E-state index in [1.54, 1.807) is 19.1 Å². The maximum Gasteiger partial charge on any atom is 0.233 e. The Kier molecular flexibility index (Phi) is 4.99. The minimum absolute atomic E-state index is 0.0527. The number of halogens is 1. The van der Waals surface area contributed by atoms with Crippen molar-refractivity contribution in [3.63, 3.8) is 0 Å². The van der Waals surface area contributed by atoms with E-state index in [9.17, 15) is 13.2 Å². The highest BCUT2D eigenvalue weighted by molar-refractivity contribution is 8.00. The van der Waals surface area contributed by atoms with Gasteiger partial charge in [-0.05, 0) is 37.6 Å². The number of carbonyl (C=O) groups is 1. The monoisotopic (exact) mass is 333 g/mol. The number of benzene rings is 1. The van der Waals surface area contributed by atoms with Crippen molar-refractivity contribution in [3.05, 3.63) is 29.3 Å². The lowest BCUT2D eigenvalue weighted by Crippen LogP contribution is -2.39. The highest BCUT2D eigenvalue weighted by Gasteiger charge is 2.30. The number of rotatable bonds is 4. The summed E-state index contributed by atoms with van der Waals surface area (Å²) in [5.74, 6) is 0.0836. The zero-order valence-corrected chi connectivity index (χ0v) is 13.4. The van der Waals surface area contributed by atoms with Crippen LogP contribution in [0.3, 0.4) is 0 Å². The molecule has 0 bridgehead atoms. The second-order valence-electron chi connectivity index (χ2n) is 4.82. The average Bonchev–Trinajstić information content (AvgIpc) is 2.71. The summed E-state index contributed by atoms with van der Waals surface area (Å²) in [6, 6.07) is 7.02. The van der Waals surface area contributed by atoms with E-state index in [0.29, 0.717) is 11.4 Å². The fourth-order valence-corrected chi connectivity index (χ4v) is 4.67. The first-order valence-electron chi connectivity index (χ1n) is 6.29. The molecule has 1 N–H and O–H groups in total. The zero-order chi connectivity index (χ0) is 14.8. The van der Waals surface area contributed by atoms with Crippen LogP contribution in [0.2, 0.25) is 5.02 Å². The number of hydrogen-bond donors (Lipinski definition) is 1. The van der Waals surface area contributed by atoms with E-state index in [1.165, 1.54) is 11.8 Å². The van der Waals surface area contributed by atoms with Crippen LogP contribution in [0.5, 0.6) is 0 Å². The van der Waals surface area contributed by atoms with Gasteiger partial charge in [0.25, 0.3) is 0 Å². The van der Waals surface area contributed by atoms with Crippen LogP contribution in [0.15, 0.2) is 29.2 Å². The van der Waals surface area contributed by atoms with Gasteiger partial charge < -0.3 is 5.32 Å². The molecule has 2 rings (SSSR count). The molecular weight excluding hydrogens is 318 g/mol. The van der Waals surface area contributed by atoms with Gasteiger partial charge in [0.2, 0.25) is 5.91 Å². The molecule has 0 radical (unpaired) electrons. The maximum absolute atomic E-state index is 12.0. The second-order valence-corrected chi connectivity index (χ2v) is 8.90. The molecule has 20 heavy (non-hydrogen) atoms. The minimum atomic E-state index is -2.97. The minimum Gasteiger partial charge on any atom is -0.351 e. The fraction of sp³-hybridized carbons (Fsp3) is 0.462. The topological polar surface area (TPSA) is 63.2 Å². The summed E-state index contributed by atoms with van der Waals surface area (Å²) in [6.07, 6.45) is 0.506. The van der Waals surface area contributed by atoms with Crippen LogP contribution in [0.25, 0.3) is 0 Å². The molecule has 1 aromatic carbocycles. The van der Waals surface area contributed by atoms with E-state index in [2.05, 4.69) is 5.32 Å². The van der Waals surface area contributed by atoms with Gasteiger partial charge in [0.05, 0.1) is 16.8 Å². The Bertz CT molecular complexity index is 586. The van der Waals surface area contributed by atoms with Gasteiger partial charge in [-0.15, -0.1) is 11.8 Å². The number of nitrogens with one attached hydrogen (secondary N) is 1. The van der Waals surface area contributed by atoms with Crippen LogP contribution in [0.4, 0.5) is 0 Å². The summed E-state index contributed by atoms with van der Waals surface area (Å²) in [5, 5.41) is 3.18. The van der Waals surface area contributed by atoms with Gasteiger partial charge in [-0.1, -0.05) is 11.6 Å². The quantitative estimate of drug-likeness (QED) is 0.857. The van der Waals surface area contributed by atoms with Crippen molar-refractivity contribution in [2.45, 2.75) is 29.5 Å². The number of hydrogen-bond acceptors (Lipinski definition) is 4. The van der Waals surface area contributed by atoms with Gasteiger partial charge in [-0.25, -0.2) is 8.42 Å². The van der Waals surface area contributed by atoms with Gasteiger partial charge in [-0.2, -0.15) is 0 Å². The Morgan fingerprint density at radius 3 is 2.60 bits per heavy atom. The number of amides is 1. The molecule has 7 heteroatoms. The number of carbonyl (C=O) groups excluding carboxylic acids is 1. The summed E-state index contributed by atoms with van der Waals surface area (Å²) >= 11 is 7.23. The summed E-state index contributed by atoms with van der Waals surface area (Å²) in [6.45, 7) is 1.80. The lowest BCUT2D eigenvalue weighted by atomic mass is 10.2. The third-order valence-electron chi connectivity index (χ3n) is 3.07. The number of sulfone groups is 1. The lowest BCUT2D eigenvalue weighted by Gasteiger charge is -2.15. The smallest absolute Gasteiger partial charge is 0.233 e. The Morgan fingerprint density at radius 2 is 2.05 bits per heavy atom. The third-order valence-corrected chi connectivity index (χ3v) is 6.21. The fourth-order valence-electron chi connectivity index (χ4n) is 2.00. The first-order chi connectivity index (χ1) is 9.35. The molecule has 1 amide bonds. The van der Waals surface area contributed by atoms with Crippen LogP contribution in [0.1, 0.15) is 13.3 Å². The van der Waals surface area contributed by atoms with Crippen molar-refractivity contribution in [1.82, 2.24) is 5.32 Å². The molecule has 0 saturated carbocycles. The van der Waals surface area contributed by atoms with E-state index in [4.69, 9.17) is 11.6 Å². The summed E-state index contributed by atoms with van der Waals surface area (Å²) < 4.78 is 22.7. The maximum atomic E-state index is 12.0. The molecule has 0 aliphatic carbocycles. The van der Waals surface area contributed by atoms with Crippen LogP contribution in [0, 0.1) is 0 Å². The first-order valence-corrected chi connectivity index (χ1v) is 9.37. The van der Waals surface area contributed by atoms with Gasteiger partial charge in [0.1, 0.15) is 0 Å². The van der Waals surface area contributed by atoms with Crippen molar-refractivity contribution in [1.29, 1.82) is 0 Å². The normalized spacial score (nSPS) is 22.4. The Labute approximate surface area is 128 Å². The zero-order valence-electron chi connectivity index (χ0n) is 11.0. The van der Waals surface area contributed by atoms with E-state index in [1.807, 2.05) is 12.1 Å². The molecular formula is C13H16ClNO3S2. The lowest BCUT2D eigenvalue weighted by molar-refractivity contribution is -0.120. The van der Waals surface area contributed by atoms with Crippen LogP contribution >= 0.6 is 23.4 Å². The molecule has 0 unspecified atom stereocenters. The predicted molar refractivity (Wildman–Crippen MR) is 82.0 cm³/mol. The van der Waals surface area contributed by atoms with Crippen molar-refractivity contribution in [3.8, 4) is 0 Å². The molecule has 1 heterocycles. The van der Waals surface area contributed by atoms with Crippen molar-refractivity contribution < 1.29 is 13.2 Å². The first kappa shape index (κ1) is 15.7. The molecule has 1 aliphatic rings. The summed E-state index contributed by atoms with van der Waals surface area (Å²) in [5.41, 5.74) is 0. The van der Waals surface area contributed by atoms with Gasteiger partial charge >= 0.3 is 0 Å².